The molecule has 5 nitrogen and oxygen atoms in total. The third kappa shape index (κ3) is 5.82. The van der Waals surface area contributed by atoms with Crippen molar-refractivity contribution in [2.24, 2.45) is 0 Å². The Morgan fingerprint density at radius 3 is 2.57 bits per heavy atom. The first-order valence-corrected chi connectivity index (χ1v) is 10.5. The molecule has 0 unspecified atom stereocenters. The summed E-state index contributed by atoms with van der Waals surface area (Å²) >= 11 is 1.47. The first-order valence-electron chi connectivity index (χ1n) is 9.32. The lowest BCUT2D eigenvalue weighted by Gasteiger charge is -2.37. The third-order valence-corrected chi connectivity index (χ3v) is 5.20. The summed E-state index contributed by atoms with van der Waals surface area (Å²) in [6, 6.07) is 14.9. The van der Waals surface area contributed by atoms with Gasteiger partial charge in [-0.2, -0.15) is 5.26 Å². The predicted octanol–water partition coefficient (Wildman–Crippen LogP) is 4.52. The number of rotatable bonds is 9. The molecule has 0 aliphatic carbocycles. The molecule has 0 fully saturated rings. The van der Waals surface area contributed by atoms with E-state index in [1.165, 1.54) is 11.8 Å². The van der Waals surface area contributed by atoms with Crippen molar-refractivity contribution in [3.8, 4) is 6.07 Å². The van der Waals surface area contributed by atoms with Crippen molar-refractivity contribution in [3.05, 3.63) is 59.3 Å². The van der Waals surface area contributed by atoms with Crippen LogP contribution in [-0.4, -0.2) is 40.8 Å². The lowest BCUT2D eigenvalue weighted by molar-refractivity contribution is 0.00944. The first kappa shape index (κ1) is 21.9. The van der Waals surface area contributed by atoms with Gasteiger partial charge in [0.1, 0.15) is 17.7 Å². The van der Waals surface area contributed by atoms with Crippen molar-refractivity contribution in [1.82, 2.24) is 9.88 Å². The zero-order valence-electron chi connectivity index (χ0n) is 16.9. The molecule has 2 aromatic rings. The van der Waals surface area contributed by atoms with Crippen LogP contribution in [0.5, 0.6) is 0 Å². The van der Waals surface area contributed by atoms with Crippen molar-refractivity contribution < 1.29 is 9.53 Å². The fraction of sp³-hybridized carbons (Fsp3) is 0.409. The quantitative estimate of drug-likeness (QED) is 0.458. The van der Waals surface area contributed by atoms with E-state index in [0.29, 0.717) is 17.7 Å². The van der Waals surface area contributed by atoms with Gasteiger partial charge in [-0.15, -0.1) is 11.8 Å². The van der Waals surface area contributed by atoms with Crippen molar-refractivity contribution in [2.45, 2.75) is 44.3 Å². The highest BCUT2D eigenvalue weighted by Gasteiger charge is 2.29. The molecule has 0 atom stereocenters. The van der Waals surface area contributed by atoms with Gasteiger partial charge in [-0.1, -0.05) is 25.1 Å². The summed E-state index contributed by atoms with van der Waals surface area (Å²) < 4.78 is 5.59. The number of esters is 1. The molecule has 0 saturated heterocycles. The predicted molar refractivity (Wildman–Crippen MR) is 112 cm³/mol. The number of carbonyl (C=O) groups excluding carboxylic acids is 1. The molecule has 0 bridgehead atoms. The van der Waals surface area contributed by atoms with E-state index in [1.807, 2.05) is 36.6 Å². The number of pyridine rings is 1. The normalized spacial score (nSPS) is 11.3. The zero-order valence-corrected chi connectivity index (χ0v) is 17.8. The number of thioether (sulfide) groups is 1. The minimum absolute atomic E-state index is 0.284. The van der Waals surface area contributed by atoms with E-state index in [1.54, 1.807) is 12.1 Å². The summed E-state index contributed by atoms with van der Waals surface area (Å²) in [5.41, 5.74) is 1.70. The average molecular weight is 398 g/mol. The zero-order chi connectivity index (χ0) is 20.6. The van der Waals surface area contributed by atoms with Crippen molar-refractivity contribution in [3.63, 3.8) is 0 Å². The number of hydrogen-bond acceptors (Lipinski definition) is 6. The van der Waals surface area contributed by atoms with Crippen LogP contribution in [0, 0.1) is 11.3 Å². The molecule has 1 aromatic carbocycles. The maximum absolute atomic E-state index is 12.3. The lowest BCUT2D eigenvalue weighted by atomic mass is 10.0. The van der Waals surface area contributed by atoms with E-state index in [0.717, 1.165) is 23.7 Å². The van der Waals surface area contributed by atoms with E-state index in [2.05, 4.69) is 36.7 Å². The number of carbonyl (C=O) groups is 1. The van der Waals surface area contributed by atoms with Crippen molar-refractivity contribution >= 4 is 17.7 Å². The number of nitrogens with zero attached hydrogens (tertiary/aromatic N) is 3. The Kier molecular flexibility index (Phi) is 8.04. The number of aromatic nitrogens is 1. The summed E-state index contributed by atoms with van der Waals surface area (Å²) in [5.74, 6) is -0.314. The van der Waals surface area contributed by atoms with E-state index >= 15 is 0 Å². The van der Waals surface area contributed by atoms with Crippen LogP contribution < -0.4 is 0 Å². The first-order chi connectivity index (χ1) is 13.4. The molecule has 2 rings (SSSR count). The molecule has 28 heavy (non-hydrogen) atoms. The third-order valence-electron chi connectivity index (χ3n) is 4.50. The van der Waals surface area contributed by atoms with Crippen LogP contribution in [0.2, 0.25) is 0 Å². The Bertz CT molecular complexity index is 831. The van der Waals surface area contributed by atoms with Gasteiger partial charge in [-0.25, -0.2) is 9.78 Å². The van der Waals surface area contributed by atoms with E-state index in [4.69, 9.17) is 4.74 Å². The van der Waals surface area contributed by atoms with Gasteiger partial charge < -0.3 is 4.74 Å². The van der Waals surface area contributed by atoms with Gasteiger partial charge >= 0.3 is 5.97 Å². The van der Waals surface area contributed by atoms with Gasteiger partial charge in [0.05, 0.1) is 16.8 Å². The van der Waals surface area contributed by atoms with Gasteiger partial charge in [0, 0.05) is 12.1 Å². The molecule has 0 aliphatic heterocycles. The Morgan fingerprint density at radius 1 is 1.25 bits per heavy atom. The topological polar surface area (TPSA) is 66.2 Å². The van der Waals surface area contributed by atoms with Crippen LogP contribution >= 0.6 is 11.8 Å². The molecular weight excluding hydrogens is 370 g/mol. The molecule has 0 aliphatic rings. The number of benzene rings is 1. The summed E-state index contributed by atoms with van der Waals surface area (Å²) in [6.07, 6.45) is 2.89. The second kappa shape index (κ2) is 10.3. The molecule has 0 radical (unpaired) electrons. The highest BCUT2D eigenvalue weighted by molar-refractivity contribution is 7.98. The summed E-state index contributed by atoms with van der Waals surface area (Å²) in [6.45, 7) is 8.03. The van der Waals surface area contributed by atoms with Crippen LogP contribution in [0.15, 0.2) is 47.5 Å². The fourth-order valence-corrected chi connectivity index (χ4v) is 3.40. The van der Waals surface area contributed by atoms with Gasteiger partial charge in [-0.05, 0) is 57.3 Å². The summed E-state index contributed by atoms with van der Waals surface area (Å²) in [4.78, 5) is 19.2. The maximum Gasteiger partial charge on any atom is 0.338 e. The van der Waals surface area contributed by atoms with Gasteiger partial charge in [0.15, 0.2) is 0 Å². The van der Waals surface area contributed by atoms with Crippen LogP contribution in [0.1, 0.15) is 48.8 Å². The lowest BCUT2D eigenvalue weighted by Crippen LogP contribution is -2.48. The van der Waals surface area contributed by atoms with Crippen LogP contribution in [0.4, 0.5) is 0 Å². The SMILES string of the molecule is CCCN(Cc1ccc(C#N)c(SC)n1)C(C)(C)COC(=O)c1ccccc1. The van der Waals surface area contributed by atoms with E-state index in [-0.39, 0.29) is 18.1 Å². The minimum Gasteiger partial charge on any atom is -0.460 e. The molecule has 0 saturated carbocycles. The molecule has 0 N–H and O–H groups in total. The Balaban J connectivity index is 2.10. The second-order valence-corrected chi connectivity index (χ2v) is 7.94. The van der Waals surface area contributed by atoms with Crippen molar-refractivity contribution in [2.75, 3.05) is 19.4 Å². The highest BCUT2D eigenvalue weighted by atomic mass is 32.2. The van der Waals surface area contributed by atoms with Crippen LogP contribution in [-0.2, 0) is 11.3 Å². The molecule has 0 amide bonds. The molecule has 1 aromatic heterocycles. The molecule has 1 heterocycles. The standard InChI is InChI=1S/C22H27N3O2S/c1-5-13-25(15-19-12-11-18(14-23)20(24-19)28-4)22(2,3)16-27-21(26)17-9-7-6-8-10-17/h6-12H,5,13,15-16H2,1-4H3. The van der Waals surface area contributed by atoms with Crippen LogP contribution in [0.3, 0.4) is 0 Å². The monoisotopic (exact) mass is 397 g/mol. The fourth-order valence-electron chi connectivity index (χ4n) is 2.86. The average Bonchev–Trinajstić information content (AvgIpc) is 2.72. The highest BCUT2D eigenvalue weighted by Crippen LogP contribution is 2.22. The van der Waals surface area contributed by atoms with Gasteiger partial charge in [-0.3, -0.25) is 4.90 Å². The molecular formula is C22H27N3O2S. The Labute approximate surface area is 171 Å². The van der Waals surface area contributed by atoms with Gasteiger partial charge in [0.25, 0.3) is 0 Å². The minimum atomic E-state index is -0.352. The molecule has 148 valence electrons. The second-order valence-electron chi connectivity index (χ2n) is 7.15. The Hall–Kier alpha value is -2.36. The smallest absolute Gasteiger partial charge is 0.338 e. The van der Waals surface area contributed by atoms with Crippen molar-refractivity contribution in [1.29, 1.82) is 5.26 Å². The largest absolute Gasteiger partial charge is 0.460 e. The number of ether oxygens (including phenoxy) is 1. The molecule has 6 heteroatoms. The summed E-state index contributed by atoms with van der Waals surface area (Å²) in [5, 5.41) is 9.93. The Morgan fingerprint density at radius 2 is 1.96 bits per heavy atom. The molecule has 0 spiro atoms. The number of hydrogen-bond donors (Lipinski definition) is 0. The van der Waals surface area contributed by atoms with Crippen LogP contribution in [0.25, 0.3) is 0 Å². The van der Waals surface area contributed by atoms with E-state index in [9.17, 15) is 10.1 Å². The van der Waals surface area contributed by atoms with E-state index < -0.39 is 0 Å². The number of nitriles is 1. The maximum atomic E-state index is 12.3. The van der Waals surface area contributed by atoms with Gasteiger partial charge in [0.2, 0.25) is 0 Å². The summed E-state index contributed by atoms with van der Waals surface area (Å²) in [7, 11) is 0.